The molecule has 1 aromatic heterocycles. The average molecular weight is 256 g/mol. The molecule has 0 aliphatic carbocycles. The van der Waals surface area contributed by atoms with Gasteiger partial charge in [0.15, 0.2) is 0 Å². The summed E-state index contributed by atoms with van der Waals surface area (Å²) in [5.74, 6) is 0.981. The van der Waals surface area contributed by atoms with Crippen LogP contribution in [0.25, 0.3) is 10.9 Å². The maximum absolute atomic E-state index is 8.73. The summed E-state index contributed by atoms with van der Waals surface area (Å²) in [7, 11) is 0. The van der Waals surface area contributed by atoms with E-state index in [0.29, 0.717) is 11.7 Å². The van der Waals surface area contributed by atoms with Crippen molar-refractivity contribution >= 4 is 22.7 Å². The lowest BCUT2D eigenvalue weighted by atomic mass is 10.0. The smallest absolute Gasteiger partial charge is 0.0855 e. The summed E-state index contributed by atoms with van der Waals surface area (Å²) in [6.07, 6.45) is 0. The van der Waals surface area contributed by atoms with Gasteiger partial charge in [-0.3, -0.25) is 4.98 Å². The Balaban J connectivity index is 2.59. The van der Waals surface area contributed by atoms with Crippen molar-refractivity contribution in [2.75, 3.05) is 5.75 Å². The highest BCUT2D eigenvalue weighted by Gasteiger charge is 2.07. The number of rotatable bonds is 3. The third-order valence-electron chi connectivity index (χ3n) is 2.88. The van der Waals surface area contributed by atoms with Gasteiger partial charge in [0, 0.05) is 16.0 Å². The molecular formula is C15H16N2S. The minimum Gasteiger partial charge on any atom is -0.253 e. The Morgan fingerprint density at radius 2 is 2.11 bits per heavy atom. The molecule has 0 amide bonds. The highest BCUT2D eigenvalue weighted by molar-refractivity contribution is 7.99. The van der Waals surface area contributed by atoms with Crippen LogP contribution in [-0.4, -0.2) is 10.7 Å². The number of thioether (sulfide) groups is 1. The van der Waals surface area contributed by atoms with E-state index in [-0.39, 0.29) is 0 Å². The third-order valence-corrected chi connectivity index (χ3v) is 3.80. The lowest BCUT2D eigenvalue weighted by molar-refractivity contribution is 0.868. The van der Waals surface area contributed by atoms with Crippen LogP contribution in [0.3, 0.4) is 0 Å². The van der Waals surface area contributed by atoms with Gasteiger partial charge in [-0.25, -0.2) is 0 Å². The summed E-state index contributed by atoms with van der Waals surface area (Å²) in [6.45, 7) is 6.36. The maximum atomic E-state index is 8.73. The fourth-order valence-electron chi connectivity index (χ4n) is 1.93. The van der Waals surface area contributed by atoms with Crippen LogP contribution < -0.4 is 0 Å². The van der Waals surface area contributed by atoms with Crippen LogP contribution in [0.15, 0.2) is 29.2 Å². The molecule has 18 heavy (non-hydrogen) atoms. The zero-order chi connectivity index (χ0) is 13.1. The van der Waals surface area contributed by atoms with Crippen LogP contribution in [0.4, 0.5) is 0 Å². The summed E-state index contributed by atoms with van der Waals surface area (Å²) in [5.41, 5.74) is 3.33. The number of aromatic nitrogens is 1. The van der Waals surface area contributed by atoms with Gasteiger partial charge < -0.3 is 0 Å². The fraction of sp³-hybridized carbons (Fsp3) is 0.333. The van der Waals surface area contributed by atoms with Crippen molar-refractivity contribution in [3.05, 3.63) is 35.5 Å². The van der Waals surface area contributed by atoms with Crippen LogP contribution in [0.2, 0.25) is 0 Å². The second-order valence-corrected chi connectivity index (χ2v) is 5.66. The lowest BCUT2D eigenvalue weighted by Crippen LogP contribution is -1.91. The molecule has 92 valence electrons. The SMILES string of the molecule is Cc1cc(SCC#N)c2cc(C(C)C)ccc2n1. The molecule has 0 N–H and O–H groups in total. The molecule has 0 spiro atoms. The maximum Gasteiger partial charge on any atom is 0.0855 e. The molecule has 0 unspecified atom stereocenters. The van der Waals surface area contributed by atoms with Gasteiger partial charge >= 0.3 is 0 Å². The van der Waals surface area contributed by atoms with Gasteiger partial charge in [0.1, 0.15) is 0 Å². The molecule has 0 saturated heterocycles. The molecule has 0 bridgehead atoms. The number of fused-ring (bicyclic) bond motifs is 1. The van der Waals surface area contributed by atoms with E-state index in [1.165, 1.54) is 5.56 Å². The van der Waals surface area contributed by atoms with Gasteiger partial charge in [-0.1, -0.05) is 19.9 Å². The van der Waals surface area contributed by atoms with Gasteiger partial charge in [0.25, 0.3) is 0 Å². The van der Waals surface area contributed by atoms with Gasteiger partial charge in [0.05, 0.1) is 17.3 Å². The van der Waals surface area contributed by atoms with Crippen molar-refractivity contribution < 1.29 is 0 Å². The van der Waals surface area contributed by atoms with E-state index < -0.39 is 0 Å². The normalized spacial score (nSPS) is 10.8. The second-order valence-electron chi connectivity index (χ2n) is 4.64. The van der Waals surface area contributed by atoms with Gasteiger partial charge in [-0.2, -0.15) is 5.26 Å². The van der Waals surface area contributed by atoms with Crippen LogP contribution in [0, 0.1) is 18.3 Å². The van der Waals surface area contributed by atoms with Crippen LogP contribution in [-0.2, 0) is 0 Å². The third kappa shape index (κ3) is 2.65. The highest BCUT2D eigenvalue weighted by Crippen LogP contribution is 2.30. The molecule has 2 aromatic rings. The first-order valence-corrected chi connectivity index (χ1v) is 7.01. The van der Waals surface area contributed by atoms with Crippen molar-refractivity contribution in [3.63, 3.8) is 0 Å². The van der Waals surface area contributed by atoms with E-state index in [2.05, 4.69) is 49.2 Å². The van der Waals surface area contributed by atoms with E-state index in [0.717, 1.165) is 21.5 Å². The Labute approximate surface area is 112 Å². The molecule has 0 aliphatic rings. The number of nitrogens with zero attached hydrogens (tertiary/aromatic N) is 2. The summed E-state index contributed by atoms with van der Waals surface area (Å²) in [4.78, 5) is 5.70. The molecular weight excluding hydrogens is 240 g/mol. The predicted octanol–water partition coefficient (Wildman–Crippen LogP) is 4.28. The zero-order valence-corrected chi connectivity index (χ0v) is 11.7. The first-order chi connectivity index (χ1) is 8.61. The van der Waals surface area contributed by atoms with Crippen molar-refractivity contribution in [1.82, 2.24) is 4.98 Å². The molecule has 3 heteroatoms. The van der Waals surface area contributed by atoms with E-state index in [4.69, 9.17) is 5.26 Å². The molecule has 2 rings (SSSR count). The van der Waals surface area contributed by atoms with Crippen LogP contribution >= 0.6 is 11.8 Å². The molecule has 2 nitrogen and oxygen atoms in total. The fourth-order valence-corrected chi connectivity index (χ4v) is 2.72. The Morgan fingerprint density at radius 1 is 1.33 bits per heavy atom. The van der Waals surface area contributed by atoms with E-state index in [9.17, 15) is 0 Å². The summed E-state index contributed by atoms with van der Waals surface area (Å²) in [5, 5.41) is 9.88. The zero-order valence-electron chi connectivity index (χ0n) is 10.9. The number of aryl methyl sites for hydroxylation is 1. The summed E-state index contributed by atoms with van der Waals surface area (Å²) in [6, 6.07) is 10.7. The number of hydrogen-bond donors (Lipinski definition) is 0. The van der Waals surface area contributed by atoms with Crippen molar-refractivity contribution in [3.8, 4) is 6.07 Å². The standard InChI is InChI=1S/C15H16N2S/c1-10(2)12-4-5-14-13(9-12)15(18-7-6-16)8-11(3)17-14/h4-5,8-10H,7H2,1-3H3. The molecule has 0 saturated carbocycles. The first kappa shape index (κ1) is 12.9. The Hall–Kier alpha value is -1.53. The van der Waals surface area contributed by atoms with E-state index >= 15 is 0 Å². The minimum atomic E-state index is 0.477. The predicted molar refractivity (Wildman–Crippen MR) is 76.9 cm³/mol. The van der Waals surface area contributed by atoms with Crippen molar-refractivity contribution in [2.24, 2.45) is 0 Å². The second kappa shape index (κ2) is 5.41. The molecule has 1 heterocycles. The first-order valence-electron chi connectivity index (χ1n) is 6.03. The van der Waals surface area contributed by atoms with E-state index in [1.807, 2.05) is 6.92 Å². The van der Waals surface area contributed by atoms with Crippen molar-refractivity contribution in [1.29, 1.82) is 5.26 Å². The number of pyridine rings is 1. The monoisotopic (exact) mass is 256 g/mol. The van der Waals surface area contributed by atoms with Gasteiger partial charge in [0.2, 0.25) is 0 Å². The Kier molecular flexibility index (Phi) is 3.88. The Morgan fingerprint density at radius 3 is 2.78 bits per heavy atom. The lowest BCUT2D eigenvalue weighted by Gasteiger charge is -2.10. The largest absolute Gasteiger partial charge is 0.253 e. The average Bonchev–Trinajstić information content (AvgIpc) is 2.35. The van der Waals surface area contributed by atoms with Gasteiger partial charge in [-0.05, 0) is 36.6 Å². The molecule has 0 aliphatic heterocycles. The number of benzene rings is 1. The quantitative estimate of drug-likeness (QED) is 0.769. The molecule has 1 aromatic carbocycles. The van der Waals surface area contributed by atoms with E-state index in [1.54, 1.807) is 11.8 Å². The van der Waals surface area contributed by atoms with Crippen LogP contribution in [0.1, 0.15) is 31.0 Å². The topological polar surface area (TPSA) is 36.7 Å². The minimum absolute atomic E-state index is 0.477. The summed E-state index contributed by atoms with van der Waals surface area (Å²) >= 11 is 1.58. The number of hydrogen-bond acceptors (Lipinski definition) is 3. The van der Waals surface area contributed by atoms with Crippen molar-refractivity contribution in [2.45, 2.75) is 31.6 Å². The summed E-state index contributed by atoms with van der Waals surface area (Å²) < 4.78 is 0. The molecule has 0 atom stereocenters. The van der Waals surface area contributed by atoms with Crippen LogP contribution in [0.5, 0.6) is 0 Å². The molecule has 0 fully saturated rings. The number of nitriles is 1. The van der Waals surface area contributed by atoms with Gasteiger partial charge in [-0.15, -0.1) is 11.8 Å². The highest BCUT2D eigenvalue weighted by atomic mass is 32.2. The molecule has 0 radical (unpaired) electrons. The Bertz CT molecular complexity index is 612.